The van der Waals surface area contributed by atoms with Crippen LogP contribution >= 0.6 is 0 Å². The van der Waals surface area contributed by atoms with Gasteiger partial charge in [0.2, 0.25) is 0 Å². The Labute approximate surface area is 215 Å². The summed E-state index contributed by atoms with van der Waals surface area (Å²) < 4.78 is 0. The van der Waals surface area contributed by atoms with E-state index in [0.29, 0.717) is 19.3 Å². The monoisotopic (exact) mass is 502 g/mol. The normalized spacial score (nSPS) is 56.3. The first-order valence-corrected chi connectivity index (χ1v) is 14.1. The lowest BCUT2D eigenvalue weighted by Crippen LogP contribution is -2.68. The van der Waals surface area contributed by atoms with Gasteiger partial charge in [-0.3, -0.25) is 9.59 Å². The molecule has 11 atom stereocenters. The molecule has 0 amide bonds. The van der Waals surface area contributed by atoms with E-state index in [4.69, 9.17) is 0 Å². The van der Waals surface area contributed by atoms with Gasteiger partial charge in [0, 0.05) is 5.92 Å². The summed E-state index contributed by atoms with van der Waals surface area (Å²) in [7, 11) is 0. The Morgan fingerprint density at radius 2 is 1.53 bits per heavy atom. The summed E-state index contributed by atoms with van der Waals surface area (Å²) in [5, 5.41) is 43.5. The molecule has 0 aromatic rings. The van der Waals surface area contributed by atoms with Gasteiger partial charge in [0.1, 0.15) is 0 Å². The molecule has 202 valence electrons. The number of hydrogen-bond donors (Lipinski definition) is 4. The Morgan fingerprint density at radius 1 is 0.861 bits per heavy atom. The van der Waals surface area contributed by atoms with E-state index in [1.54, 1.807) is 6.92 Å². The fourth-order valence-electron chi connectivity index (χ4n) is 10.8. The lowest BCUT2D eigenvalue weighted by atomic mass is 9.33. The van der Waals surface area contributed by atoms with Gasteiger partial charge in [-0.05, 0) is 106 Å². The summed E-state index contributed by atoms with van der Waals surface area (Å²) in [6, 6.07) is 0. The van der Waals surface area contributed by atoms with E-state index >= 15 is 0 Å². The third-order valence-electron chi connectivity index (χ3n) is 13.6. The van der Waals surface area contributed by atoms with Crippen LogP contribution in [0.25, 0.3) is 0 Å². The van der Waals surface area contributed by atoms with Crippen molar-refractivity contribution in [1.29, 1.82) is 0 Å². The fraction of sp³-hybridized carbons (Fsp3) is 0.867. The second-order valence-electron chi connectivity index (χ2n) is 14.5. The van der Waals surface area contributed by atoms with Crippen LogP contribution in [-0.2, 0) is 9.59 Å². The van der Waals surface area contributed by atoms with E-state index in [-0.39, 0.29) is 34.0 Å². The maximum atomic E-state index is 12.8. The highest BCUT2D eigenvalue weighted by molar-refractivity contribution is 5.77. The number of aliphatic hydroxyl groups is 2. The Morgan fingerprint density at radius 3 is 2.14 bits per heavy atom. The first kappa shape index (κ1) is 26.2. The second kappa shape index (κ2) is 7.59. The zero-order chi connectivity index (χ0) is 26.7. The van der Waals surface area contributed by atoms with Gasteiger partial charge in [-0.25, -0.2) is 0 Å². The first-order valence-electron chi connectivity index (χ1n) is 14.1. The molecule has 4 saturated carbocycles. The highest BCUT2D eigenvalue weighted by Crippen LogP contribution is 2.76. The molecule has 0 unspecified atom stereocenters. The number of carboxylic acid groups (broad SMARTS) is 2. The maximum absolute atomic E-state index is 12.8. The van der Waals surface area contributed by atoms with E-state index in [2.05, 4.69) is 33.8 Å². The SMILES string of the molecule is C[C@@H]1CC[C@]2(C(=O)O)CC[C@]3(C)C(=CC[C@@H]4[C@@]5(C)CC[C@H](O)[C@@](C)(C(=O)O)[C@@H]5CC[C@]43C)[C@@H]2[C@]1(C)O. The summed E-state index contributed by atoms with van der Waals surface area (Å²) in [4.78, 5) is 25.4. The molecule has 0 bridgehead atoms. The lowest BCUT2D eigenvalue weighted by Gasteiger charge is -2.71. The standard InChI is InChI=1S/C30H46O6/c1-17-9-14-30(24(34)35)16-15-26(3)18(22(30)29(17,6)36)7-8-19-25(2)12-11-21(31)28(5,23(32)33)20(25)10-13-27(19,26)4/h7,17,19-22,31,36H,8-16H2,1-6H3,(H,32,33)(H,34,35)/t17-,19-,20-,21+,22-,25-,26-,27-,28+,29-,30+/m1/s1. The molecule has 0 spiro atoms. The minimum Gasteiger partial charge on any atom is -0.481 e. The van der Waals surface area contributed by atoms with E-state index in [0.717, 1.165) is 44.1 Å². The molecule has 6 nitrogen and oxygen atoms in total. The zero-order valence-electron chi connectivity index (χ0n) is 22.9. The van der Waals surface area contributed by atoms with Crippen molar-refractivity contribution in [3.63, 3.8) is 0 Å². The highest BCUT2D eigenvalue weighted by atomic mass is 16.4. The molecule has 0 saturated heterocycles. The van der Waals surface area contributed by atoms with E-state index in [9.17, 15) is 30.0 Å². The van der Waals surface area contributed by atoms with E-state index < -0.39 is 40.4 Å². The highest BCUT2D eigenvalue weighted by Gasteiger charge is 2.72. The van der Waals surface area contributed by atoms with Gasteiger partial charge in [-0.1, -0.05) is 39.3 Å². The van der Waals surface area contributed by atoms with Crippen LogP contribution < -0.4 is 0 Å². The molecule has 0 radical (unpaired) electrons. The Hall–Kier alpha value is -1.40. The minimum absolute atomic E-state index is 0.0214. The Balaban J connectivity index is 1.64. The van der Waals surface area contributed by atoms with Crippen molar-refractivity contribution in [2.75, 3.05) is 0 Å². The second-order valence-corrected chi connectivity index (χ2v) is 14.5. The van der Waals surface area contributed by atoms with Gasteiger partial charge in [-0.15, -0.1) is 0 Å². The van der Waals surface area contributed by atoms with Gasteiger partial charge in [0.15, 0.2) is 0 Å². The van der Waals surface area contributed by atoms with Crippen molar-refractivity contribution >= 4 is 11.9 Å². The summed E-state index contributed by atoms with van der Waals surface area (Å²) >= 11 is 0. The third kappa shape index (κ3) is 2.81. The maximum Gasteiger partial charge on any atom is 0.312 e. The van der Waals surface area contributed by atoms with Crippen molar-refractivity contribution in [3.05, 3.63) is 11.6 Å². The molecule has 4 N–H and O–H groups in total. The molecule has 0 aliphatic heterocycles. The van der Waals surface area contributed by atoms with E-state index in [1.807, 2.05) is 6.92 Å². The molecule has 0 aromatic heterocycles. The molecule has 6 heteroatoms. The molecule has 0 heterocycles. The van der Waals surface area contributed by atoms with Gasteiger partial charge < -0.3 is 20.4 Å². The van der Waals surface area contributed by atoms with Gasteiger partial charge in [0.25, 0.3) is 0 Å². The first-order chi connectivity index (χ1) is 16.5. The molecule has 4 fully saturated rings. The lowest BCUT2D eigenvalue weighted by molar-refractivity contribution is -0.224. The molecular weight excluding hydrogens is 456 g/mol. The van der Waals surface area contributed by atoms with Crippen LogP contribution in [0, 0.1) is 50.7 Å². The van der Waals surface area contributed by atoms with Crippen LogP contribution in [-0.4, -0.2) is 44.1 Å². The Bertz CT molecular complexity index is 1020. The molecule has 5 aliphatic rings. The summed E-state index contributed by atoms with van der Waals surface area (Å²) in [5.41, 5.74) is -2.66. The van der Waals surface area contributed by atoms with Crippen LogP contribution in [0.1, 0.15) is 99.3 Å². The zero-order valence-corrected chi connectivity index (χ0v) is 22.9. The number of aliphatic hydroxyl groups excluding tert-OH is 1. The number of carboxylic acids is 2. The summed E-state index contributed by atoms with van der Waals surface area (Å²) in [6.07, 6.45) is 7.77. The van der Waals surface area contributed by atoms with Crippen molar-refractivity contribution in [3.8, 4) is 0 Å². The topological polar surface area (TPSA) is 115 Å². The third-order valence-corrected chi connectivity index (χ3v) is 13.6. The largest absolute Gasteiger partial charge is 0.481 e. The average Bonchev–Trinajstić information content (AvgIpc) is 2.79. The summed E-state index contributed by atoms with van der Waals surface area (Å²) in [6.45, 7) is 12.6. The number of carbonyl (C=O) groups is 2. The smallest absolute Gasteiger partial charge is 0.312 e. The van der Waals surface area contributed by atoms with Crippen LogP contribution in [0.15, 0.2) is 11.6 Å². The molecule has 36 heavy (non-hydrogen) atoms. The Kier molecular flexibility index (Phi) is 5.53. The van der Waals surface area contributed by atoms with Crippen LogP contribution in [0.4, 0.5) is 0 Å². The van der Waals surface area contributed by atoms with Gasteiger partial charge >= 0.3 is 11.9 Å². The molecular formula is C30H46O6. The number of hydrogen-bond acceptors (Lipinski definition) is 4. The number of fused-ring (bicyclic) bond motifs is 7. The van der Waals surface area contributed by atoms with Crippen LogP contribution in [0.2, 0.25) is 0 Å². The van der Waals surface area contributed by atoms with Crippen molar-refractivity contribution in [2.24, 2.45) is 50.7 Å². The fourth-order valence-corrected chi connectivity index (χ4v) is 10.8. The van der Waals surface area contributed by atoms with Crippen LogP contribution in [0.3, 0.4) is 0 Å². The molecule has 5 aliphatic carbocycles. The number of aliphatic carboxylic acids is 2. The van der Waals surface area contributed by atoms with Gasteiger partial charge in [0.05, 0.1) is 22.5 Å². The molecule has 0 aromatic carbocycles. The minimum atomic E-state index is -1.16. The summed E-state index contributed by atoms with van der Waals surface area (Å²) in [5.74, 6) is -1.93. The average molecular weight is 503 g/mol. The number of rotatable bonds is 2. The predicted octanol–water partition coefficient (Wildman–Crippen LogP) is 5.27. The van der Waals surface area contributed by atoms with Crippen molar-refractivity contribution in [2.45, 2.75) is 111 Å². The number of allylic oxidation sites excluding steroid dienone is 1. The predicted molar refractivity (Wildman–Crippen MR) is 136 cm³/mol. The van der Waals surface area contributed by atoms with Gasteiger partial charge in [-0.2, -0.15) is 0 Å². The molecule has 5 rings (SSSR count). The van der Waals surface area contributed by atoms with Crippen LogP contribution in [0.5, 0.6) is 0 Å². The van der Waals surface area contributed by atoms with Crippen molar-refractivity contribution in [1.82, 2.24) is 0 Å². The van der Waals surface area contributed by atoms with E-state index in [1.165, 1.54) is 0 Å². The quantitative estimate of drug-likeness (QED) is 0.383. The van der Waals surface area contributed by atoms with Crippen molar-refractivity contribution < 1.29 is 30.0 Å².